The van der Waals surface area contributed by atoms with E-state index in [-0.39, 0.29) is 24.5 Å². The first kappa shape index (κ1) is 8.93. The second-order valence-corrected chi connectivity index (χ2v) is 3.75. The first-order valence-corrected chi connectivity index (χ1v) is 4.51. The predicted molar refractivity (Wildman–Crippen MR) is 45.0 cm³/mol. The summed E-state index contributed by atoms with van der Waals surface area (Å²) in [6, 6.07) is -0.451. The normalized spacial score (nSPS) is 45.2. The van der Waals surface area contributed by atoms with Gasteiger partial charge in [-0.15, -0.1) is 0 Å². The van der Waals surface area contributed by atoms with E-state index in [2.05, 4.69) is 5.32 Å². The van der Waals surface area contributed by atoms with E-state index in [1.165, 1.54) is 0 Å². The smallest absolute Gasteiger partial charge is 0.239 e. The van der Waals surface area contributed by atoms with E-state index in [1.807, 2.05) is 0 Å². The van der Waals surface area contributed by atoms with Gasteiger partial charge in [-0.05, 0) is 6.92 Å². The molecule has 5 nitrogen and oxygen atoms in total. The van der Waals surface area contributed by atoms with Gasteiger partial charge in [0.05, 0.1) is 18.2 Å². The molecule has 0 aromatic heterocycles. The lowest BCUT2D eigenvalue weighted by Gasteiger charge is -2.34. The van der Waals surface area contributed by atoms with Crippen molar-refractivity contribution in [1.29, 1.82) is 0 Å². The van der Waals surface area contributed by atoms with Gasteiger partial charge in [0, 0.05) is 13.1 Å². The second kappa shape index (κ2) is 2.94. The first-order valence-electron chi connectivity index (χ1n) is 4.51. The molecule has 74 valence electrons. The van der Waals surface area contributed by atoms with Crippen molar-refractivity contribution in [3.05, 3.63) is 0 Å². The number of piperazine rings is 1. The van der Waals surface area contributed by atoms with Crippen LogP contribution in [0, 0.1) is 0 Å². The molecule has 0 spiro atoms. The number of hydrogen-bond donors (Lipinski definition) is 3. The van der Waals surface area contributed by atoms with Crippen LogP contribution in [0.4, 0.5) is 0 Å². The molecule has 1 amide bonds. The van der Waals surface area contributed by atoms with Crippen molar-refractivity contribution in [2.75, 3.05) is 13.1 Å². The van der Waals surface area contributed by atoms with Crippen molar-refractivity contribution in [2.24, 2.45) is 0 Å². The van der Waals surface area contributed by atoms with Crippen LogP contribution in [-0.2, 0) is 4.79 Å². The van der Waals surface area contributed by atoms with E-state index >= 15 is 0 Å². The number of rotatable bonds is 0. The number of carbonyl (C=O) groups is 1. The third kappa shape index (κ3) is 1.23. The summed E-state index contributed by atoms with van der Waals surface area (Å²) in [5.41, 5.74) is 0. The zero-order chi connectivity index (χ0) is 9.59. The van der Waals surface area contributed by atoms with Gasteiger partial charge in [-0.2, -0.15) is 0 Å². The molecule has 0 aromatic carbocycles. The molecule has 0 saturated carbocycles. The van der Waals surface area contributed by atoms with Crippen molar-refractivity contribution in [2.45, 2.75) is 31.2 Å². The molecule has 2 aliphatic rings. The van der Waals surface area contributed by atoms with Crippen molar-refractivity contribution < 1.29 is 15.0 Å². The van der Waals surface area contributed by atoms with Crippen LogP contribution in [0.15, 0.2) is 0 Å². The maximum Gasteiger partial charge on any atom is 0.239 e. The summed E-state index contributed by atoms with van der Waals surface area (Å²) in [6.07, 6.45) is -1.59. The Hall–Kier alpha value is -0.650. The van der Waals surface area contributed by atoms with E-state index in [4.69, 9.17) is 0 Å². The minimum absolute atomic E-state index is 0.0353. The molecule has 2 rings (SSSR count). The van der Waals surface area contributed by atoms with Gasteiger partial charge in [-0.25, -0.2) is 0 Å². The summed E-state index contributed by atoms with van der Waals surface area (Å²) >= 11 is 0. The quantitative estimate of drug-likeness (QED) is 0.405. The number of nitrogens with one attached hydrogen (secondary N) is 1. The third-order valence-corrected chi connectivity index (χ3v) is 2.86. The Morgan fingerprint density at radius 3 is 2.92 bits per heavy atom. The van der Waals surface area contributed by atoms with E-state index in [0.29, 0.717) is 6.54 Å². The fourth-order valence-electron chi connectivity index (χ4n) is 2.00. The number of carbonyl (C=O) groups excluding carboxylic acids is 1. The number of nitrogens with zero attached hydrogens (tertiary/aromatic N) is 1. The van der Waals surface area contributed by atoms with Gasteiger partial charge in [0.1, 0.15) is 6.10 Å². The highest BCUT2D eigenvalue weighted by Gasteiger charge is 2.45. The molecular formula is C8H14N2O3. The van der Waals surface area contributed by atoms with Crippen LogP contribution in [0.1, 0.15) is 6.92 Å². The Balaban J connectivity index is 2.17. The Kier molecular flexibility index (Phi) is 2.02. The molecule has 2 saturated heterocycles. The highest BCUT2D eigenvalue weighted by atomic mass is 16.3. The SMILES string of the molecule is C[C@@H]1NC[C@@H]2[C@@H](O)[C@H](O)CN2C1=O. The number of amides is 1. The lowest BCUT2D eigenvalue weighted by atomic mass is 10.1. The largest absolute Gasteiger partial charge is 0.388 e. The highest BCUT2D eigenvalue weighted by Crippen LogP contribution is 2.21. The molecule has 4 atom stereocenters. The van der Waals surface area contributed by atoms with Gasteiger partial charge in [0.2, 0.25) is 5.91 Å². The topological polar surface area (TPSA) is 72.8 Å². The number of aliphatic hydroxyl groups is 2. The zero-order valence-corrected chi connectivity index (χ0v) is 7.47. The molecule has 0 aromatic rings. The fraction of sp³-hybridized carbons (Fsp3) is 0.875. The average Bonchev–Trinajstić information content (AvgIpc) is 2.38. The summed E-state index contributed by atoms with van der Waals surface area (Å²) < 4.78 is 0. The number of aliphatic hydroxyl groups excluding tert-OH is 2. The molecule has 0 radical (unpaired) electrons. The van der Waals surface area contributed by atoms with Crippen LogP contribution in [-0.4, -0.2) is 58.4 Å². The summed E-state index contributed by atoms with van der Waals surface area (Å²) in [5, 5.41) is 21.9. The van der Waals surface area contributed by atoms with Crippen molar-refractivity contribution >= 4 is 5.91 Å². The van der Waals surface area contributed by atoms with Gasteiger partial charge in [0.15, 0.2) is 0 Å². The maximum absolute atomic E-state index is 11.5. The standard InChI is InChI=1S/C8H14N2O3/c1-4-8(13)10-3-6(11)7(12)5(10)2-9-4/h4-7,9,11-12H,2-3H2,1H3/t4-,5+,6+,7+/m0/s1. The van der Waals surface area contributed by atoms with E-state index < -0.39 is 12.2 Å². The maximum atomic E-state index is 11.5. The Labute approximate surface area is 76.3 Å². The van der Waals surface area contributed by atoms with Gasteiger partial charge < -0.3 is 20.4 Å². The number of fused-ring (bicyclic) bond motifs is 1. The Morgan fingerprint density at radius 2 is 2.23 bits per heavy atom. The molecule has 0 aliphatic carbocycles. The molecular weight excluding hydrogens is 172 g/mol. The summed E-state index contributed by atoms with van der Waals surface area (Å²) in [4.78, 5) is 13.1. The minimum atomic E-state index is -0.802. The molecule has 2 aliphatic heterocycles. The van der Waals surface area contributed by atoms with Gasteiger partial charge in [-0.1, -0.05) is 0 Å². The average molecular weight is 186 g/mol. The molecule has 0 bridgehead atoms. The monoisotopic (exact) mass is 186 g/mol. The highest BCUT2D eigenvalue weighted by molar-refractivity contribution is 5.83. The van der Waals surface area contributed by atoms with E-state index in [9.17, 15) is 15.0 Å². The second-order valence-electron chi connectivity index (χ2n) is 3.75. The summed E-state index contributed by atoms with van der Waals surface area (Å²) in [7, 11) is 0. The van der Waals surface area contributed by atoms with Crippen LogP contribution in [0.2, 0.25) is 0 Å². The Morgan fingerprint density at radius 1 is 1.54 bits per heavy atom. The lowest BCUT2D eigenvalue weighted by molar-refractivity contribution is -0.137. The predicted octanol–water partition coefficient (Wildman–Crippen LogP) is -2.09. The van der Waals surface area contributed by atoms with Gasteiger partial charge >= 0.3 is 0 Å². The molecule has 3 N–H and O–H groups in total. The minimum Gasteiger partial charge on any atom is -0.388 e. The van der Waals surface area contributed by atoms with Crippen LogP contribution in [0.25, 0.3) is 0 Å². The van der Waals surface area contributed by atoms with Crippen LogP contribution in [0.5, 0.6) is 0 Å². The lowest BCUT2D eigenvalue weighted by Crippen LogP contribution is -2.58. The van der Waals surface area contributed by atoms with Gasteiger partial charge in [0.25, 0.3) is 0 Å². The van der Waals surface area contributed by atoms with Crippen LogP contribution < -0.4 is 5.32 Å². The Bertz CT molecular complexity index is 233. The summed E-state index contributed by atoms with van der Waals surface area (Å²) in [5.74, 6) is -0.0353. The van der Waals surface area contributed by atoms with Crippen LogP contribution in [0.3, 0.4) is 0 Å². The van der Waals surface area contributed by atoms with Crippen molar-refractivity contribution in [3.8, 4) is 0 Å². The van der Waals surface area contributed by atoms with Crippen molar-refractivity contribution in [3.63, 3.8) is 0 Å². The third-order valence-electron chi connectivity index (χ3n) is 2.86. The molecule has 2 heterocycles. The van der Waals surface area contributed by atoms with E-state index in [1.54, 1.807) is 11.8 Å². The van der Waals surface area contributed by atoms with Gasteiger partial charge in [-0.3, -0.25) is 4.79 Å². The first-order chi connectivity index (χ1) is 6.11. The number of hydrogen-bond acceptors (Lipinski definition) is 4. The molecule has 5 heteroatoms. The zero-order valence-electron chi connectivity index (χ0n) is 7.47. The molecule has 2 fully saturated rings. The van der Waals surface area contributed by atoms with E-state index in [0.717, 1.165) is 0 Å². The molecule has 0 unspecified atom stereocenters. The molecule has 13 heavy (non-hydrogen) atoms. The fourth-order valence-corrected chi connectivity index (χ4v) is 2.00. The van der Waals surface area contributed by atoms with Crippen LogP contribution >= 0.6 is 0 Å². The van der Waals surface area contributed by atoms with Crippen molar-refractivity contribution in [1.82, 2.24) is 10.2 Å². The summed E-state index contributed by atoms with van der Waals surface area (Å²) in [6.45, 7) is 2.61.